The van der Waals surface area contributed by atoms with Crippen molar-refractivity contribution in [3.8, 4) is 17.0 Å². The van der Waals surface area contributed by atoms with Gasteiger partial charge in [-0.1, -0.05) is 12.5 Å². The van der Waals surface area contributed by atoms with Crippen molar-refractivity contribution in [3.63, 3.8) is 0 Å². The molecule has 3 rings (SSSR count). The third-order valence-electron chi connectivity index (χ3n) is 3.70. The third kappa shape index (κ3) is 2.41. The van der Waals surface area contributed by atoms with Gasteiger partial charge in [-0.3, -0.25) is 0 Å². The Morgan fingerprint density at radius 3 is 3.00 bits per heavy atom. The van der Waals surface area contributed by atoms with E-state index in [2.05, 4.69) is 15.3 Å². The van der Waals surface area contributed by atoms with E-state index in [0.29, 0.717) is 17.0 Å². The van der Waals surface area contributed by atoms with Gasteiger partial charge in [0.1, 0.15) is 17.4 Å². The summed E-state index contributed by atoms with van der Waals surface area (Å²) in [4.78, 5) is 7.61. The Morgan fingerprint density at radius 1 is 1.35 bits per heavy atom. The first-order valence-electron chi connectivity index (χ1n) is 6.91. The van der Waals surface area contributed by atoms with Crippen LogP contribution in [0.3, 0.4) is 0 Å². The molecule has 1 atom stereocenters. The summed E-state index contributed by atoms with van der Waals surface area (Å²) in [5.74, 6) is 1.07. The van der Waals surface area contributed by atoms with Gasteiger partial charge < -0.3 is 15.0 Å². The van der Waals surface area contributed by atoms with E-state index in [-0.39, 0.29) is 11.9 Å². The standard InChI is InChI=1S/C15H18FN3O/c1-20-13-7-4-5-10(16)14(13)12-9-18-15(19-12)11-6-2-3-8-17-11/h4-5,7,9,11,17H,2-3,6,8H2,1H3,(H,18,19). The second-order valence-electron chi connectivity index (χ2n) is 5.00. The van der Waals surface area contributed by atoms with Crippen molar-refractivity contribution in [3.05, 3.63) is 36.0 Å². The SMILES string of the molecule is COc1cccc(F)c1-c1cnc(C2CCCCN2)[nH]1. The van der Waals surface area contributed by atoms with Crippen LogP contribution in [-0.4, -0.2) is 23.6 Å². The first kappa shape index (κ1) is 13.1. The van der Waals surface area contributed by atoms with Gasteiger partial charge in [0.25, 0.3) is 0 Å². The Bertz CT molecular complexity index is 591. The molecule has 20 heavy (non-hydrogen) atoms. The summed E-state index contributed by atoms with van der Waals surface area (Å²) in [7, 11) is 1.54. The number of halogens is 1. The number of benzene rings is 1. The minimum absolute atomic E-state index is 0.232. The molecule has 1 aromatic carbocycles. The van der Waals surface area contributed by atoms with E-state index in [1.54, 1.807) is 18.3 Å². The number of aromatic amines is 1. The first-order valence-corrected chi connectivity index (χ1v) is 6.91. The summed E-state index contributed by atoms with van der Waals surface area (Å²) in [5.41, 5.74) is 1.09. The van der Waals surface area contributed by atoms with Crippen LogP contribution in [0.4, 0.5) is 4.39 Å². The molecule has 106 valence electrons. The predicted molar refractivity (Wildman–Crippen MR) is 75.1 cm³/mol. The molecular formula is C15H18FN3O. The fourth-order valence-electron chi connectivity index (χ4n) is 2.66. The van der Waals surface area contributed by atoms with Crippen LogP contribution in [0, 0.1) is 5.82 Å². The topological polar surface area (TPSA) is 49.9 Å². The van der Waals surface area contributed by atoms with Crippen molar-refractivity contribution in [2.24, 2.45) is 0 Å². The fraction of sp³-hybridized carbons (Fsp3) is 0.400. The number of nitrogens with zero attached hydrogens (tertiary/aromatic N) is 1. The zero-order valence-corrected chi connectivity index (χ0v) is 11.4. The van der Waals surface area contributed by atoms with Crippen LogP contribution in [0.5, 0.6) is 5.75 Å². The molecule has 2 N–H and O–H groups in total. The summed E-state index contributed by atoms with van der Waals surface area (Å²) in [6.45, 7) is 1.00. The number of aromatic nitrogens is 2. The average molecular weight is 275 g/mol. The van der Waals surface area contributed by atoms with E-state index in [0.717, 1.165) is 18.8 Å². The highest BCUT2D eigenvalue weighted by Crippen LogP contribution is 2.32. The molecule has 5 heteroatoms. The van der Waals surface area contributed by atoms with Crippen LogP contribution < -0.4 is 10.1 Å². The molecule has 1 fully saturated rings. The molecule has 1 saturated heterocycles. The smallest absolute Gasteiger partial charge is 0.136 e. The molecule has 0 spiro atoms. The van der Waals surface area contributed by atoms with Crippen LogP contribution in [-0.2, 0) is 0 Å². The number of hydrogen-bond donors (Lipinski definition) is 2. The van der Waals surface area contributed by atoms with Crippen molar-refractivity contribution < 1.29 is 9.13 Å². The van der Waals surface area contributed by atoms with Gasteiger partial charge in [0, 0.05) is 0 Å². The first-order chi connectivity index (χ1) is 9.79. The summed E-state index contributed by atoms with van der Waals surface area (Å²) in [6, 6.07) is 5.04. The minimum Gasteiger partial charge on any atom is -0.496 e. The van der Waals surface area contributed by atoms with Gasteiger partial charge in [-0.2, -0.15) is 0 Å². The molecule has 0 aliphatic carbocycles. The van der Waals surface area contributed by atoms with E-state index in [1.165, 1.54) is 26.0 Å². The summed E-state index contributed by atoms with van der Waals surface area (Å²) < 4.78 is 19.3. The molecule has 0 bridgehead atoms. The van der Waals surface area contributed by atoms with Gasteiger partial charge in [0.05, 0.1) is 30.6 Å². The Labute approximate surface area is 117 Å². The zero-order valence-electron chi connectivity index (χ0n) is 11.4. The molecule has 0 saturated carbocycles. The van der Waals surface area contributed by atoms with Crippen molar-refractivity contribution in [2.75, 3.05) is 13.7 Å². The molecule has 0 amide bonds. The van der Waals surface area contributed by atoms with Gasteiger partial charge in [0.2, 0.25) is 0 Å². The van der Waals surface area contributed by atoms with Gasteiger partial charge in [-0.15, -0.1) is 0 Å². The second kappa shape index (κ2) is 5.63. The number of H-pyrrole nitrogens is 1. The Kier molecular flexibility index (Phi) is 3.69. The van der Waals surface area contributed by atoms with Crippen LogP contribution in [0.1, 0.15) is 31.1 Å². The van der Waals surface area contributed by atoms with Gasteiger partial charge in [-0.05, 0) is 31.5 Å². The summed E-state index contributed by atoms with van der Waals surface area (Å²) >= 11 is 0. The lowest BCUT2D eigenvalue weighted by atomic mass is 10.0. The molecule has 2 heterocycles. The number of piperidine rings is 1. The van der Waals surface area contributed by atoms with Crippen molar-refractivity contribution >= 4 is 0 Å². The maximum absolute atomic E-state index is 14.0. The average Bonchev–Trinajstić information content (AvgIpc) is 2.97. The number of ether oxygens (including phenoxy) is 1. The van der Waals surface area contributed by atoms with E-state index in [4.69, 9.17) is 4.74 Å². The van der Waals surface area contributed by atoms with Crippen LogP contribution in [0.25, 0.3) is 11.3 Å². The lowest BCUT2D eigenvalue weighted by Gasteiger charge is -2.21. The number of imidazole rings is 1. The minimum atomic E-state index is -0.309. The highest BCUT2D eigenvalue weighted by molar-refractivity contribution is 5.67. The molecule has 2 aromatic rings. The van der Waals surface area contributed by atoms with E-state index in [9.17, 15) is 4.39 Å². The van der Waals surface area contributed by atoms with Crippen LogP contribution in [0.2, 0.25) is 0 Å². The van der Waals surface area contributed by atoms with Crippen molar-refractivity contribution in [2.45, 2.75) is 25.3 Å². The van der Waals surface area contributed by atoms with Crippen molar-refractivity contribution in [1.82, 2.24) is 15.3 Å². The maximum Gasteiger partial charge on any atom is 0.136 e. The zero-order chi connectivity index (χ0) is 13.9. The largest absolute Gasteiger partial charge is 0.496 e. The van der Waals surface area contributed by atoms with E-state index in [1.807, 2.05) is 0 Å². The lowest BCUT2D eigenvalue weighted by molar-refractivity contribution is 0.399. The molecule has 1 unspecified atom stereocenters. The molecule has 1 aliphatic heterocycles. The highest BCUT2D eigenvalue weighted by Gasteiger charge is 2.20. The molecule has 4 nitrogen and oxygen atoms in total. The van der Waals surface area contributed by atoms with Crippen molar-refractivity contribution in [1.29, 1.82) is 0 Å². The van der Waals surface area contributed by atoms with E-state index < -0.39 is 0 Å². The highest BCUT2D eigenvalue weighted by atomic mass is 19.1. The Morgan fingerprint density at radius 2 is 2.25 bits per heavy atom. The Hall–Kier alpha value is -1.88. The van der Waals surface area contributed by atoms with E-state index >= 15 is 0 Å². The third-order valence-corrected chi connectivity index (χ3v) is 3.70. The number of rotatable bonds is 3. The number of nitrogens with one attached hydrogen (secondary N) is 2. The van der Waals surface area contributed by atoms with Gasteiger partial charge >= 0.3 is 0 Å². The fourth-order valence-corrected chi connectivity index (χ4v) is 2.66. The summed E-state index contributed by atoms with van der Waals surface area (Å²) in [5, 5.41) is 3.42. The monoisotopic (exact) mass is 275 g/mol. The molecule has 1 aromatic heterocycles. The Balaban J connectivity index is 1.93. The van der Waals surface area contributed by atoms with Gasteiger partial charge in [0.15, 0.2) is 0 Å². The predicted octanol–water partition coefficient (Wildman–Crippen LogP) is 3.04. The quantitative estimate of drug-likeness (QED) is 0.905. The van der Waals surface area contributed by atoms with Crippen LogP contribution >= 0.6 is 0 Å². The number of methoxy groups -OCH3 is 1. The molecule has 1 aliphatic rings. The number of hydrogen-bond acceptors (Lipinski definition) is 3. The van der Waals surface area contributed by atoms with Gasteiger partial charge in [-0.25, -0.2) is 9.37 Å². The summed E-state index contributed by atoms with van der Waals surface area (Å²) in [6.07, 6.45) is 5.12. The molecular weight excluding hydrogens is 257 g/mol. The lowest BCUT2D eigenvalue weighted by Crippen LogP contribution is -2.27. The van der Waals surface area contributed by atoms with Crippen LogP contribution in [0.15, 0.2) is 24.4 Å². The second-order valence-corrected chi connectivity index (χ2v) is 5.00. The maximum atomic E-state index is 14.0. The normalized spacial score (nSPS) is 19.0. The molecule has 0 radical (unpaired) electrons.